The van der Waals surface area contributed by atoms with Gasteiger partial charge in [0.2, 0.25) is 0 Å². The lowest BCUT2D eigenvalue weighted by molar-refractivity contribution is 0.323. The lowest BCUT2D eigenvalue weighted by Crippen LogP contribution is -2.37. The van der Waals surface area contributed by atoms with E-state index in [9.17, 15) is 0 Å². The van der Waals surface area contributed by atoms with E-state index in [0.717, 1.165) is 11.8 Å². The third-order valence-corrected chi connectivity index (χ3v) is 4.36. The minimum Gasteiger partial charge on any atom is -0.313 e. The first-order valence-corrected chi connectivity index (χ1v) is 8.05. The van der Waals surface area contributed by atoms with Gasteiger partial charge in [0.1, 0.15) is 0 Å². The summed E-state index contributed by atoms with van der Waals surface area (Å²) in [4.78, 5) is 0. The fourth-order valence-electron chi connectivity index (χ4n) is 3.27. The van der Waals surface area contributed by atoms with Crippen molar-refractivity contribution < 1.29 is 0 Å². The normalized spacial score (nSPS) is 23.7. The van der Waals surface area contributed by atoms with Crippen LogP contribution in [0.15, 0.2) is 30.3 Å². The molecule has 1 aliphatic carbocycles. The van der Waals surface area contributed by atoms with Gasteiger partial charge in [0.25, 0.3) is 0 Å². The summed E-state index contributed by atoms with van der Waals surface area (Å²) < 4.78 is 0. The Morgan fingerprint density at radius 3 is 2.58 bits per heavy atom. The van der Waals surface area contributed by atoms with Crippen LogP contribution in [-0.2, 0) is 0 Å². The van der Waals surface area contributed by atoms with Gasteiger partial charge in [0, 0.05) is 6.04 Å². The molecule has 0 bridgehead atoms. The van der Waals surface area contributed by atoms with Crippen LogP contribution < -0.4 is 5.32 Å². The van der Waals surface area contributed by atoms with E-state index in [1.165, 1.54) is 50.6 Å². The minimum atomic E-state index is 0.698. The monoisotopic (exact) mass is 259 g/mol. The molecule has 0 saturated heterocycles. The molecule has 2 unspecified atom stereocenters. The number of benzene rings is 1. The van der Waals surface area contributed by atoms with E-state index in [0.29, 0.717) is 6.04 Å². The van der Waals surface area contributed by atoms with Gasteiger partial charge in [-0.25, -0.2) is 0 Å². The maximum atomic E-state index is 3.83. The molecule has 0 aliphatic heterocycles. The van der Waals surface area contributed by atoms with E-state index in [-0.39, 0.29) is 0 Å². The van der Waals surface area contributed by atoms with Crippen LogP contribution in [0.3, 0.4) is 0 Å². The van der Waals surface area contributed by atoms with Gasteiger partial charge in [0.15, 0.2) is 0 Å². The van der Waals surface area contributed by atoms with E-state index in [2.05, 4.69) is 49.5 Å². The Labute approximate surface area is 118 Å². The Morgan fingerprint density at radius 2 is 1.84 bits per heavy atom. The smallest absolute Gasteiger partial charge is 0.0136 e. The van der Waals surface area contributed by atoms with Crippen LogP contribution in [0.25, 0.3) is 0 Å². The quantitative estimate of drug-likeness (QED) is 0.728. The Morgan fingerprint density at radius 1 is 1.11 bits per heavy atom. The molecular formula is C18H29N. The highest BCUT2D eigenvalue weighted by atomic mass is 14.9. The van der Waals surface area contributed by atoms with E-state index >= 15 is 0 Å². The highest BCUT2D eigenvalue weighted by molar-refractivity contribution is 5.21. The highest BCUT2D eigenvalue weighted by Crippen LogP contribution is 2.32. The maximum Gasteiger partial charge on any atom is 0.0136 e. The zero-order chi connectivity index (χ0) is 13.5. The second-order valence-corrected chi connectivity index (χ2v) is 6.40. The molecule has 1 N–H and O–H groups in total. The van der Waals surface area contributed by atoms with Crippen molar-refractivity contribution >= 4 is 0 Å². The first-order chi connectivity index (χ1) is 9.27. The first-order valence-electron chi connectivity index (χ1n) is 8.05. The molecule has 0 spiro atoms. The summed E-state index contributed by atoms with van der Waals surface area (Å²) in [5, 5.41) is 3.83. The fourth-order valence-corrected chi connectivity index (χ4v) is 3.27. The topological polar surface area (TPSA) is 12.0 Å². The van der Waals surface area contributed by atoms with Crippen molar-refractivity contribution in [3.8, 4) is 0 Å². The molecule has 106 valence electrons. The average Bonchev–Trinajstić information content (AvgIpc) is 2.45. The summed E-state index contributed by atoms with van der Waals surface area (Å²) in [5.74, 6) is 1.56. The van der Waals surface area contributed by atoms with Crippen molar-refractivity contribution in [2.45, 2.75) is 64.3 Å². The van der Waals surface area contributed by atoms with Gasteiger partial charge >= 0.3 is 0 Å². The van der Waals surface area contributed by atoms with Crippen molar-refractivity contribution in [2.75, 3.05) is 6.54 Å². The molecule has 2 atom stereocenters. The SMILES string of the molecule is CC(C)CCCNC1CCCCC1c1ccccc1. The van der Waals surface area contributed by atoms with Gasteiger partial charge in [-0.15, -0.1) is 0 Å². The molecule has 1 saturated carbocycles. The molecule has 2 rings (SSSR count). The third kappa shape index (κ3) is 4.65. The minimum absolute atomic E-state index is 0.698. The summed E-state index contributed by atoms with van der Waals surface area (Å²) in [5.41, 5.74) is 1.53. The van der Waals surface area contributed by atoms with Crippen molar-refractivity contribution in [2.24, 2.45) is 5.92 Å². The van der Waals surface area contributed by atoms with E-state index in [1.807, 2.05) is 0 Å². The summed E-state index contributed by atoms with van der Waals surface area (Å²) in [6, 6.07) is 11.8. The molecule has 0 radical (unpaired) electrons. The molecule has 0 aromatic heterocycles. The Kier molecular flexibility index (Phi) is 5.91. The summed E-state index contributed by atoms with van der Waals surface area (Å²) in [6.07, 6.45) is 8.15. The van der Waals surface area contributed by atoms with Crippen LogP contribution in [0.5, 0.6) is 0 Å². The van der Waals surface area contributed by atoms with Crippen LogP contribution in [-0.4, -0.2) is 12.6 Å². The zero-order valence-electron chi connectivity index (χ0n) is 12.6. The van der Waals surface area contributed by atoms with Gasteiger partial charge < -0.3 is 5.32 Å². The number of rotatable bonds is 6. The van der Waals surface area contributed by atoms with Gasteiger partial charge in [-0.05, 0) is 49.6 Å². The maximum absolute atomic E-state index is 3.83. The van der Waals surface area contributed by atoms with Gasteiger partial charge in [0.05, 0.1) is 0 Å². The Balaban J connectivity index is 1.86. The molecule has 1 heteroatoms. The van der Waals surface area contributed by atoms with Crippen LogP contribution in [0.2, 0.25) is 0 Å². The second kappa shape index (κ2) is 7.69. The van der Waals surface area contributed by atoms with Crippen molar-refractivity contribution in [3.63, 3.8) is 0 Å². The average molecular weight is 259 g/mol. The van der Waals surface area contributed by atoms with Gasteiger partial charge in [-0.3, -0.25) is 0 Å². The van der Waals surface area contributed by atoms with Gasteiger partial charge in [-0.2, -0.15) is 0 Å². The standard InChI is InChI=1S/C18H29N/c1-15(2)9-8-14-19-18-13-7-6-12-17(18)16-10-4-3-5-11-16/h3-5,10-11,15,17-19H,6-9,12-14H2,1-2H3. The van der Waals surface area contributed by atoms with E-state index < -0.39 is 0 Å². The zero-order valence-corrected chi connectivity index (χ0v) is 12.6. The van der Waals surface area contributed by atoms with Crippen molar-refractivity contribution in [1.82, 2.24) is 5.32 Å². The Bertz CT molecular complexity index is 344. The lowest BCUT2D eigenvalue weighted by atomic mass is 9.80. The van der Waals surface area contributed by atoms with E-state index in [4.69, 9.17) is 0 Å². The third-order valence-electron chi connectivity index (χ3n) is 4.36. The summed E-state index contributed by atoms with van der Waals surface area (Å²) >= 11 is 0. The van der Waals surface area contributed by atoms with E-state index in [1.54, 1.807) is 0 Å². The van der Waals surface area contributed by atoms with Crippen LogP contribution >= 0.6 is 0 Å². The lowest BCUT2D eigenvalue weighted by Gasteiger charge is -2.33. The molecule has 0 heterocycles. The predicted octanol–water partition coefficient (Wildman–Crippen LogP) is 4.74. The summed E-state index contributed by atoms with van der Waals surface area (Å²) in [6.45, 7) is 5.81. The number of hydrogen-bond donors (Lipinski definition) is 1. The van der Waals surface area contributed by atoms with Crippen LogP contribution in [0, 0.1) is 5.92 Å². The largest absolute Gasteiger partial charge is 0.313 e. The van der Waals surface area contributed by atoms with Crippen LogP contribution in [0.1, 0.15) is 63.9 Å². The molecule has 0 amide bonds. The van der Waals surface area contributed by atoms with Crippen LogP contribution in [0.4, 0.5) is 0 Å². The highest BCUT2D eigenvalue weighted by Gasteiger charge is 2.25. The summed E-state index contributed by atoms with van der Waals surface area (Å²) in [7, 11) is 0. The fraction of sp³-hybridized carbons (Fsp3) is 0.667. The number of nitrogens with one attached hydrogen (secondary N) is 1. The number of hydrogen-bond acceptors (Lipinski definition) is 1. The first kappa shape index (κ1) is 14.6. The predicted molar refractivity (Wildman–Crippen MR) is 83.5 cm³/mol. The molecule has 1 fully saturated rings. The second-order valence-electron chi connectivity index (χ2n) is 6.40. The molecule has 1 aromatic rings. The van der Waals surface area contributed by atoms with Crippen molar-refractivity contribution in [1.29, 1.82) is 0 Å². The van der Waals surface area contributed by atoms with Crippen molar-refractivity contribution in [3.05, 3.63) is 35.9 Å². The molecule has 1 nitrogen and oxygen atoms in total. The molecule has 19 heavy (non-hydrogen) atoms. The van der Waals surface area contributed by atoms with Gasteiger partial charge in [-0.1, -0.05) is 57.0 Å². The molecule has 1 aromatic carbocycles. The Hall–Kier alpha value is -0.820. The molecular weight excluding hydrogens is 230 g/mol. The molecule has 1 aliphatic rings.